The Morgan fingerprint density at radius 2 is 0.346 bits per heavy atom. The molecule has 4 rings (SSSR count). The van der Waals surface area contributed by atoms with E-state index in [0.29, 0.717) is 0 Å². The van der Waals surface area contributed by atoms with E-state index in [4.69, 9.17) is 0 Å². The highest BCUT2D eigenvalue weighted by molar-refractivity contribution is 6.24. The number of halogens is 10. The maximum absolute atomic E-state index is 14.2. The van der Waals surface area contributed by atoms with E-state index >= 15 is 0 Å². The summed E-state index contributed by atoms with van der Waals surface area (Å²) < 4.78 is 140. The van der Waals surface area contributed by atoms with Crippen LogP contribution >= 0.6 is 0 Å². The van der Waals surface area contributed by atoms with Gasteiger partial charge in [-0.25, -0.2) is 43.9 Å². The van der Waals surface area contributed by atoms with Crippen LogP contribution in [-0.4, -0.2) is 0 Å². The van der Waals surface area contributed by atoms with Crippen LogP contribution in [0.1, 0.15) is 0 Å². The van der Waals surface area contributed by atoms with Gasteiger partial charge in [-0.15, -0.1) is 0 Å². The van der Waals surface area contributed by atoms with E-state index in [1.807, 2.05) is 0 Å². The second-order valence-electron chi connectivity index (χ2n) is 5.39. The summed E-state index contributed by atoms with van der Waals surface area (Å²) >= 11 is 0. The fourth-order valence-corrected chi connectivity index (χ4v) is 3.08. The van der Waals surface area contributed by atoms with Crippen LogP contribution in [0.15, 0.2) is 0 Å². The minimum absolute atomic E-state index is 1.36. The molecule has 0 saturated heterocycles. The standard InChI is InChI=1S/C16F10/c17-7-3-1-2-5(9(7)19)13(23)16(26)14(24)6(2)10(20)8(18)4(1)12(22)15(25)11(3)21. The Kier molecular flexibility index (Phi) is 3.14. The van der Waals surface area contributed by atoms with Gasteiger partial charge < -0.3 is 0 Å². The Hall–Kier alpha value is -2.78. The van der Waals surface area contributed by atoms with Gasteiger partial charge in [0.2, 0.25) is 0 Å². The summed E-state index contributed by atoms with van der Waals surface area (Å²) in [6, 6.07) is 0. The Morgan fingerprint density at radius 1 is 0.192 bits per heavy atom. The molecular formula is C16F10. The van der Waals surface area contributed by atoms with Crippen molar-refractivity contribution in [2.45, 2.75) is 0 Å². The maximum atomic E-state index is 14.2. The van der Waals surface area contributed by atoms with Crippen molar-refractivity contribution in [3.63, 3.8) is 0 Å². The average molecular weight is 382 g/mol. The van der Waals surface area contributed by atoms with Crippen LogP contribution in [0.3, 0.4) is 0 Å². The van der Waals surface area contributed by atoms with Gasteiger partial charge >= 0.3 is 0 Å². The van der Waals surface area contributed by atoms with Gasteiger partial charge in [0, 0.05) is 10.8 Å². The highest BCUT2D eigenvalue weighted by Crippen LogP contribution is 2.45. The molecular weight excluding hydrogens is 382 g/mol. The molecule has 0 N–H and O–H groups in total. The molecule has 0 bridgehead atoms. The molecule has 0 saturated carbocycles. The van der Waals surface area contributed by atoms with Gasteiger partial charge in [-0.3, -0.25) is 0 Å². The van der Waals surface area contributed by atoms with Gasteiger partial charge in [0.1, 0.15) is 0 Å². The van der Waals surface area contributed by atoms with Crippen molar-refractivity contribution in [1.29, 1.82) is 0 Å². The van der Waals surface area contributed by atoms with Crippen molar-refractivity contribution >= 4 is 32.3 Å². The van der Waals surface area contributed by atoms with Crippen molar-refractivity contribution in [1.82, 2.24) is 0 Å². The lowest BCUT2D eigenvalue weighted by Gasteiger charge is -2.17. The molecule has 26 heavy (non-hydrogen) atoms. The lowest BCUT2D eigenvalue weighted by atomic mass is 9.91. The largest absolute Gasteiger partial charge is 0.203 e. The summed E-state index contributed by atoms with van der Waals surface area (Å²) in [6.45, 7) is 0. The fourth-order valence-electron chi connectivity index (χ4n) is 3.08. The lowest BCUT2D eigenvalue weighted by Crippen LogP contribution is -2.08. The summed E-state index contributed by atoms with van der Waals surface area (Å²) in [5.74, 6) is -23.5. The van der Waals surface area contributed by atoms with Crippen molar-refractivity contribution < 1.29 is 43.9 Å². The number of benzene rings is 4. The molecule has 10 heteroatoms. The minimum Gasteiger partial charge on any atom is -0.203 e. The summed E-state index contributed by atoms with van der Waals surface area (Å²) in [7, 11) is 0. The monoisotopic (exact) mass is 382 g/mol. The minimum atomic E-state index is -2.46. The molecule has 4 aromatic rings. The highest BCUT2D eigenvalue weighted by atomic mass is 19.2. The van der Waals surface area contributed by atoms with Gasteiger partial charge in [0.15, 0.2) is 58.2 Å². The van der Waals surface area contributed by atoms with Crippen LogP contribution in [0.2, 0.25) is 0 Å². The van der Waals surface area contributed by atoms with Crippen LogP contribution in [0.4, 0.5) is 43.9 Å². The second-order valence-corrected chi connectivity index (χ2v) is 5.39. The van der Waals surface area contributed by atoms with E-state index in [-0.39, 0.29) is 0 Å². The van der Waals surface area contributed by atoms with Crippen LogP contribution < -0.4 is 0 Å². The molecule has 0 aliphatic heterocycles. The third-order valence-electron chi connectivity index (χ3n) is 4.16. The van der Waals surface area contributed by atoms with Crippen LogP contribution in [-0.2, 0) is 0 Å². The van der Waals surface area contributed by atoms with Gasteiger partial charge in [-0.1, -0.05) is 0 Å². The van der Waals surface area contributed by atoms with Crippen molar-refractivity contribution in [3.8, 4) is 0 Å². The maximum Gasteiger partial charge on any atom is 0.195 e. The van der Waals surface area contributed by atoms with Crippen LogP contribution in [0.5, 0.6) is 0 Å². The molecule has 0 unspecified atom stereocenters. The van der Waals surface area contributed by atoms with Crippen molar-refractivity contribution in [2.24, 2.45) is 0 Å². The Labute approximate surface area is 135 Å². The lowest BCUT2D eigenvalue weighted by molar-refractivity contribution is 0.440. The van der Waals surface area contributed by atoms with Gasteiger partial charge in [-0.2, -0.15) is 0 Å². The van der Waals surface area contributed by atoms with E-state index in [2.05, 4.69) is 0 Å². The molecule has 0 amide bonds. The SMILES string of the molecule is Fc1c(F)c2c(F)c(F)c3c(F)c(F)c(F)c4c(F)c(F)c(c1F)c2c34. The first-order valence-corrected chi connectivity index (χ1v) is 6.64. The van der Waals surface area contributed by atoms with E-state index in [1.54, 1.807) is 0 Å². The first-order valence-electron chi connectivity index (χ1n) is 6.64. The first kappa shape index (κ1) is 16.7. The van der Waals surface area contributed by atoms with Crippen LogP contribution in [0, 0.1) is 58.2 Å². The summed E-state index contributed by atoms with van der Waals surface area (Å²) in [5, 5.41) is -9.50. The normalized spacial score (nSPS) is 12.2. The molecule has 0 fully saturated rings. The topological polar surface area (TPSA) is 0 Å². The highest BCUT2D eigenvalue weighted by Gasteiger charge is 2.35. The number of rotatable bonds is 0. The zero-order chi connectivity index (χ0) is 19.2. The third kappa shape index (κ3) is 1.62. The first-order chi connectivity index (χ1) is 12.1. The molecule has 0 spiro atoms. The molecule has 0 atom stereocenters. The Balaban J connectivity index is 2.63. The third-order valence-corrected chi connectivity index (χ3v) is 4.16. The molecule has 0 heterocycles. The smallest absolute Gasteiger partial charge is 0.195 e. The van der Waals surface area contributed by atoms with Crippen molar-refractivity contribution in [2.75, 3.05) is 0 Å². The number of hydrogen-bond acceptors (Lipinski definition) is 0. The summed E-state index contributed by atoms with van der Waals surface area (Å²) in [5.41, 5.74) is 0. The predicted octanol–water partition coefficient (Wildman–Crippen LogP) is 5.97. The van der Waals surface area contributed by atoms with E-state index in [0.717, 1.165) is 0 Å². The molecule has 0 nitrogen and oxygen atoms in total. The molecule has 0 aromatic heterocycles. The average Bonchev–Trinajstić information content (AvgIpc) is 2.60. The van der Waals surface area contributed by atoms with Gasteiger partial charge in [-0.05, 0) is 0 Å². The molecule has 0 aliphatic rings. The zero-order valence-electron chi connectivity index (χ0n) is 11.8. The zero-order valence-corrected chi connectivity index (χ0v) is 11.8. The van der Waals surface area contributed by atoms with Gasteiger partial charge in [0.05, 0.1) is 21.5 Å². The predicted molar refractivity (Wildman–Crippen MR) is 69.7 cm³/mol. The second kappa shape index (κ2) is 4.89. The Morgan fingerprint density at radius 3 is 0.538 bits per heavy atom. The molecule has 0 radical (unpaired) electrons. The van der Waals surface area contributed by atoms with E-state index in [9.17, 15) is 43.9 Å². The van der Waals surface area contributed by atoms with Crippen LogP contribution in [0.25, 0.3) is 32.3 Å². The Bertz CT molecular complexity index is 1080. The molecule has 134 valence electrons. The quantitative estimate of drug-likeness (QED) is 0.200. The number of hydrogen-bond donors (Lipinski definition) is 0. The summed E-state index contributed by atoms with van der Waals surface area (Å²) in [4.78, 5) is 0. The summed E-state index contributed by atoms with van der Waals surface area (Å²) in [6.07, 6.45) is 0. The van der Waals surface area contributed by atoms with E-state index < -0.39 is 90.5 Å². The van der Waals surface area contributed by atoms with E-state index in [1.165, 1.54) is 0 Å². The fraction of sp³-hybridized carbons (Fsp3) is 0. The van der Waals surface area contributed by atoms with Crippen molar-refractivity contribution in [3.05, 3.63) is 58.2 Å². The molecule has 0 aliphatic carbocycles. The molecule has 4 aromatic carbocycles. The van der Waals surface area contributed by atoms with Gasteiger partial charge in [0.25, 0.3) is 0 Å².